The van der Waals surface area contributed by atoms with Crippen LogP contribution in [0.15, 0.2) is 54.7 Å². The normalized spacial score (nSPS) is 12.1. The van der Waals surface area contributed by atoms with Crippen molar-refractivity contribution in [2.45, 2.75) is 31.7 Å². The van der Waals surface area contributed by atoms with E-state index in [1.807, 2.05) is 25.4 Å². The van der Waals surface area contributed by atoms with E-state index in [2.05, 4.69) is 45.9 Å². The topological polar surface area (TPSA) is 60.5 Å². The molecule has 2 N–H and O–H groups in total. The fraction of sp³-hybridized carbons (Fsp3) is 0.423. The average molecular weight is 490 g/mol. The van der Waals surface area contributed by atoms with Crippen LogP contribution in [0, 0.1) is 0 Å². The molecule has 0 bridgehead atoms. The highest BCUT2D eigenvalue weighted by atomic mass is 35.5. The summed E-state index contributed by atoms with van der Waals surface area (Å²) >= 11 is 11.8. The Morgan fingerprint density at radius 3 is 2.45 bits per heavy atom. The number of ether oxygens (including phenoxy) is 1. The number of esters is 1. The zero-order chi connectivity index (χ0) is 23.6. The average Bonchev–Trinajstić information content (AvgIpc) is 3.14. The number of benzene rings is 2. The maximum Gasteiger partial charge on any atom is 0.323 e. The van der Waals surface area contributed by atoms with Crippen molar-refractivity contribution in [3.63, 3.8) is 0 Å². The van der Waals surface area contributed by atoms with E-state index in [9.17, 15) is 4.79 Å². The molecule has 0 aliphatic rings. The standard InChI is InChI=1S/C26H33Cl2N3O2/c1-30-19-21(23-7-2-3-8-25(23)30)18-24(29)26(32)33-17-5-4-6-20-9-11-22(12-10-20)31(15-13-27)16-14-28/h2-3,7-12,19,24H,4-6,13-18,29H2,1H3. The number of unbranched alkanes of at least 4 members (excludes halogenated alkanes) is 1. The van der Waals surface area contributed by atoms with Gasteiger partial charge in [0.15, 0.2) is 0 Å². The first kappa shape index (κ1) is 25.4. The van der Waals surface area contributed by atoms with Crippen molar-refractivity contribution in [3.05, 3.63) is 65.9 Å². The first-order chi connectivity index (χ1) is 16.0. The minimum atomic E-state index is -0.660. The molecule has 0 saturated heterocycles. The van der Waals surface area contributed by atoms with Crippen molar-refractivity contribution < 1.29 is 9.53 Å². The molecule has 0 amide bonds. The molecule has 7 heteroatoms. The van der Waals surface area contributed by atoms with Crippen molar-refractivity contribution in [2.24, 2.45) is 12.8 Å². The highest BCUT2D eigenvalue weighted by Crippen LogP contribution is 2.21. The summed E-state index contributed by atoms with van der Waals surface area (Å²) in [5, 5.41) is 1.13. The van der Waals surface area contributed by atoms with Gasteiger partial charge in [-0.3, -0.25) is 4.79 Å². The number of aromatic nitrogens is 1. The summed E-state index contributed by atoms with van der Waals surface area (Å²) in [6.07, 6.45) is 5.19. The maximum atomic E-state index is 12.4. The monoisotopic (exact) mass is 489 g/mol. The number of carbonyl (C=O) groups excluding carboxylic acids is 1. The van der Waals surface area contributed by atoms with Crippen LogP contribution in [0.25, 0.3) is 10.9 Å². The number of para-hydroxylation sites is 1. The van der Waals surface area contributed by atoms with Crippen LogP contribution in [0.1, 0.15) is 24.0 Å². The molecular formula is C26H33Cl2N3O2. The molecule has 33 heavy (non-hydrogen) atoms. The van der Waals surface area contributed by atoms with Crippen molar-refractivity contribution in [2.75, 3.05) is 36.4 Å². The Morgan fingerprint density at radius 2 is 1.76 bits per heavy atom. The Balaban J connectivity index is 1.39. The lowest BCUT2D eigenvalue weighted by molar-refractivity contribution is -0.145. The number of alkyl halides is 2. The van der Waals surface area contributed by atoms with Gasteiger partial charge in [0.2, 0.25) is 0 Å². The Kier molecular flexibility index (Phi) is 9.92. The van der Waals surface area contributed by atoms with Gasteiger partial charge < -0.3 is 19.9 Å². The van der Waals surface area contributed by atoms with Crippen LogP contribution in [0.2, 0.25) is 0 Å². The third kappa shape index (κ3) is 7.13. The predicted octanol–water partition coefficient (Wildman–Crippen LogP) is 4.90. The van der Waals surface area contributed by atoms with Crippen molar-refractivity contribution in [3.8, 4) is 0 Å². The van der Waals surface area contributed by atoms with E-state index in [4.69, 9.17) is 33.7 Å². The molecular weight excluding hydrogens is 457 g/mol. The molecule has 0 aliphatic heterocycles. The molecule has 1 unspecified atom stereocenters. The van der Waals surface area contributed by atoms with Crippen molar-refractivity contribution in [1.82, 2.24) is 4.57 Å². The van der Waals surface area contributed by atoms with Crippen LogP contribution >= 0.6 is 23.2 Å². The molecule has 3 rings (SSSR count). The van der Waals surface area contributed by atoms with Gasteiger partial charge in [-0.15, -0.1) is 23.2 Å². The van der Waals surface area contributed by atoms with Crippen LogP contribution in [-0.2, 0) is 29.4 Å². The molecule has 178 valence electrons. The summed E-state index contributed by atoms with van der Waals surface area (Å²) in [6.45, 7) is 1.95. The van der Waals surface area contributed by atoms with Gasteiger partial charge in [0.05, 0.1) is 6.61 Å². The minimum absolute atomic E-state index is 0.342. The maximum absolute atomic E-state index is 12.4. The number of hydrogen-bond acceptors (Lipinski definition) is 4. The zero-order valence-electron chi connectivity index (χ0n) is 19.2. The Morgan fingerprint density at radius 1 is 1.06 bits per heavy atom. The van der Waals surface area contributed by atoms with Crippen LogP contribution in [-0.4, -0.2) is 48.0 Å². The number of anilines is 1. The third-order valence-electron chi connectivity index (χ3n) is 5.84. The Bertz CT molecular complexity index is 1010. The van der Waals surface area contributed by atoms with Crippen LogP contribution in [0.4, 0.5) is 5.69 Å². The number of rotatable bonds is 13. The molecule has 0 aliphatic carbocycles. The van der Waals surface area contributed by atoms with Crippen molar-refractivity contribution in [1.29, 1.82) is 0 Å². The Labute approximate surface area is 206 Å². The smallest absolute Gasteiger partial charge is 0.323 e. The van der Waals surface area contributed by atoms with Gasteiger partial charge in [0.25, 0.3) is 0 Å². The lowest BCUT2D eigenvalue weighted by Gasteiger charge is -2.23. The van der Waals surface area contributed by atoms with Gasteiger partial charge in [-0.1, -0.05) is 30.3 Å². The summed E-state index contributed by atoms with van der Waals surface area (Å²) in [7, 11) is 2.00. The van der Waals surface area contributed by atoms with E-state index in [1.54, 1.807) is 0 Å². The third-order valence-corrected chi connectivity index (χ3v) is 6.17. The number of fused-ring (bicyclic) bond motifs is 1. The highest BCUT2D eigenvalue weighted by molar-refractivity contribution is 6.18. The minimum Gasteiger partial charge on any atom is -0.465 e. The van der Waals surface area contributed by atoms with Crippen molar-refractivity contribution >= 4 is 45.8 Å². The van der Waals surface area contributed by atoms with E-state index in [0.717, 1.165) is 54.5 Å². The molecule has 1 aromatic heterocycles. The summed E-state index contributed by atoms with van der Waals surface area (Å²) in [6, 6.07) is 16.0. The van der Waals surface area contributed by atoms with E-state index in [0.29, 0.717) is 24.8 Å². The summed E-state index contributed by atoms with van der Waals surface area (Å²) < 4.78 is 7.49. The number of nitrogens with two attached hydrogens (primary N) is 1. The lowest BCUT2D eigenvalue weighted by atomic mass is 10.1. The molecule has 0 spiro atoms. The summed E-state index contributed by atoms with van der Waals surface area (Å²) in [5.74, 6) is 0.803. The van der Waals surface area contributed by atoms with Crippen LogP contribution in [0.3, 0.4) is 0 Å². The molecule has 1 atom stereocenters. The second kappa shape index (κ2) is 12.9. The molecule has 0 radical (unpaired) electrons. The molecule has 3 aromatic rings. The van der Waals surface area contributed by atoms with E-state index in [-0.39, 0.29) is 5.97 Å². The number of halogens is 2. The highest BCUT2D eigenvalue weighted by Gasteiger charge is 2.18. The molecule has 0 fully saturated rings. The summed E-state index contributed by atoms with van der Waals surface area (Å²) in [4.78, 5) is 14.5. The number of aryl methyl sites for hydroxylation is 2. The number of hydrogen-bond donors (Lipinski definition) is 1. The van der Waals surface area contributed by atoms with E-state index < -0.39 is 6.04 Å². The van der Waals surface area contributed by atoms with Gasteiger partial charge in [0, 0.05) is 61.1 Å². The van der Waals surface area contributed by atoms with Gasteiger partial charge >= 0.3 is 5.97 Å². The Hall–Kier alpha value is -2.21. The fourth-order valence-electron chi connectivity index (χ4n) is 4.07. The lowest BCUT2D eigenvalue weighted by Crippen LogP contribution is -2.34. The van der Waals surface area contributed by atoms with Crippen LogP contribution in [0.5, 0.6) is 0 Å². The number of nitrogens with zero attached hydrogens (tertiary/aromatic N) is 2. The molecule has 5 nitrogen and oxygen atoms in total. The first-order valence-electron chi connectivity index (χ1n) is 11.4. The first-order valence-corrected chi connectivity index (χ1v) is 12.5. The van der Waals surface area contributed by atoms with Gasteiger partial charge in [0.1, 0.15) is 6.04 Å². The van der Waals surface area contributed by atoms with Crippen LogP contribution < -0.4 is 10.6 Å². The van der Waals surface area contributed by atoms with Gasteiger partial charge in [-0.25, -0.2) is 0 Å². The van der Waals surface area contributed by atoms with Gasteiger partial charge in [-0.2, -0.15) is 0 Å². The largest absolute Gasteiger partial charge is 0.465 e. The van der Waals surface area contributed by atoms with E-state index in [1.165, 1.54) is 5.56 Å². The second-order valence-corrected chi connectivity index (χ2v) is 9.01. The summed E-state index contributed by atoms with van der Waals surface area (Å²) in [5.41, 5.74) is 10.7. The fourth-order valence-corrected chi connectivity index (χ4v) is 4.48. The quantitative estimate of drug-likeness (QED) is 0.210. The number of carbonyl (C=O) groups is 1. The van der Waals surface area contributed by atoms with Gasteiger partial charge in [-0.05, 0) is 48.6 Å². The molecule has 1 heterocycles. The zero-order valence-corrected chi connectivity index (χ0v) is 20.7. The predicted molar refractivity (Wildman–Crippen MR) is 139 cm³/mol. The molecule has 0 saturated carbocycles. The van der Waals surface area contributed by atoms with E-state index >= 15 is 0 Å². The SMILES string of the molecule is Cn1cc(CC(N)C(=O)OCCCCc2ccc(N(CCCl)CCCl)cc2)c2ccccc21. The molecule has 2 aromatic carbocycles. The second-order valence-electron chi connectivity index (χ2n) is 8.25.